The molecule has 0 unspecified atom stereocenters. The van der Waals surface area contributed by atoms with Crippen molar-refractivity contribution < 1.29 is 19.1 Å². The number of fused-ring (bicyclic) bond motifs is 1. The van der Waals surface area contributed by atoms with Crippen LogP contribution in [0, 0.1) is 5.92 Å². The Kier molecular flexibility index (Phi) is 3.78. The molecule has 6 heteroatoms. The number of ether oxygens (including phenoxy) is 2. The fraction of sp³-hybridized carbons (Fsp3) is 0.750. The number of cyclic esters (lactones) is 1. The molecule has 3 fully saturated rings. The Bertz CT molecular complexity index is 509. The van der Waals surface area contributed by atoms with Crippen molar-refractivity contribution in [2.45, 2.75) is 51.7 Å². The van der Waals surface area contributed by atoms with Gasteiger partial charge in [-0.25, -0.2) is 9.59 Å². The van der Waals surface area contributed by atoms with E-state index in [-0.39, 0.29) is 18.2 Å². The highest BCUT2D eigenvalue weighted by atomic mass is 16.6. The minimum Gasteiger partial charge on any atom is -0.447 e. The van der Waals surface area contributed by atoms with E-state index in [1.165, 1.54) is 0 Å². The molecule has 2 atom stereocenters. The maximum absolute atomic E-state index is 12.4. The van der Waals surface area contributed by atoms with E-state index in [0.29, 0.717) is 19.1 Å². The van der Waals surface area contributed by atoms with Crippen LogP contribution in [0.15, 0.2) is 11.8 Å². The Morgan fingerprint density at radius 3 is 2.77 bits per heavy atom. The van der Waals surface area contributed by atoms with Crippen LogP contribution in [0.4, 0.5) is 9.59 Å². The molecule has 2 amide bonds. The molecule has 0 aromatic heterocycles. The number of carbonyl (C=O) groups is 2. The Labute approximate surface area is 131 Å². The monoisotopic (exact) mass is 308 g/mol. The maximum atomic E-state index is 12.4. The average Bonchev–Trinajstić information content (AvgIpc) is 2.79. The Hall–Kier alpha value is -1.72. The first-order valence-corrected chi connectivity index (χ1v) is 7.99. The molecule has 1 saturated carbocycles. The molecule has 0 bridgehead atoms. The van der Waals surface area contributed by atoms with E-state index in [4.69, 9.17) is 9.47 Å². The number of hydrogen-bond acceptors (Lipinski definition) is 4. The third kappa shape index (κ3) is 2.91. The summed E-state index contributed by atoms with van der Waals surface area (Å²) >= 11 is 0. The third-order valence-corrected chi connectivity index (χ3v) is 4.38. The van der Waals surface area contributed by atoms with Gasteiger partial charge in [-0.1, -0.05) is 0 Å². The molecule has 0 N–H and O–H groups in total. The summed E-state index contributed by atoms with van der Waals surface area (Å²) in [5.74, 6) is 0.492. The molecule has 3 aliphatic rings. The van der Waals surface area contributed by atoms with Crippen molar-refractivity contribution >= 4 is 12.2 Å². The van der Waals surface area contributed by atoms with Gasteiger partial charge in [0.1, 0.15) is 12.2 Å². The van der Waals surface area contributed by atoms with Crippen LogP contribution in [0.25, 0.3) is 0 Å². The van der Waals surface area contributed by atoms with Crippen LogP contribution < -0.4 is 0 Å². The molecule has 2 saturated heterocycles. The highest BCUT2D eigenvalue weighted by molar-refractivity contribution is 5.72. The highest BCUT2D eigenvalue weighted by Gasteiger charge is 2.46. The zero-order valence-corrected chi connectivity index (χ0v) is 13.5. The normalized spacial score (nSPS) is 30.0. The number of piperidine rings is 1. The summed E-state index contributed by atoms with van der Waals surface area (Å²) in [4.78, 5) is 27.4. The zero-order valence-electron chi connectivity index (χ0n) is 13.5. The van der Waals surface area contributed by atoms with Gasteiger partial charge in [-0.15, -0.1) is 0 Å². The Morgan fingerprint density at radius 2 is 2.14 bits per heavy atom. The van der Waals surface area contributed by atoms with Crippen molar-refractivity contribution in [1.82, 2.24) is 9.80 Å². The number of hydrogen-bond donors (Lipinski definition) is 0. The van der Waals surface area contributed by atoms with Gasteiger partial charge in [-0.05, 0) is 51.5 Å². The van der Waals surface area contributed by atoms with Crippen molar-refractivity contribution in [3.05, 3.63) is 11.8 Å². The smallest absolute Gasteiger partial charge is 0.413 e. The molecule has 22 heavy (non-hydrogen) atoms. The summed E-state index contributed by atoms with van der Waals surface area (Å²) in [6, 6.07) is 0.0806. The van der Waals surface area contributed by atoms with Crippen molar-refractivity contribution in [2.24, 2.45) is 5.92 Å². The van der Waals surface area contributed by atoms with Crippen molar-refractivity contribution in [3.63, 3.8) is 0 Å². The summed E-state index contributed by atoms with van der Waals surface area (Å²) in [6.07, 6.45) is 4.42. The molecule has 0 spiro atoms. The van der Waals surface area contributed by atoms with E-state index in [2.05, 4.69) is 0 Å². The van der Waals surface area contributed by atoms with Gasteiger partial charge in [-0.3, -0.25) is 4.90 Å². The van der Waals surface area contributed by atoms with Gasteiger partial charge in [-0.2, -0.15) is 0 Å². The lowest BCUT2D eigenvalue weighted by Crippen LogP contribution is -2.56. The first kappa shape index (κ1) is 15.2. The standard InChI is InChI=1S/C16H24N2O4/c1-16(2,3)22-15(20)18-6-4-5-11-9-12(13(11)18)10-17-7-8-21-14(17)19/h10-11,13H,4-9H2,1-3H3/b12-10-/t11-,13-/m0/s1. The number of rotatable bonds is 1. The maximum Gasteiger partial charge on any atom is 0.413 e. The van der Waals surface area contributed by atoms with Crippen LogP contribution >= 0.6 is 0 Å². The van der Waals surface area contributed by atoms with Gasteiger partial charge >= 0.3 is 12.2 Å². The van der Waals surface area contributed by atoms with Crippen LogP contribution in [0.2, 0.25) is 0 Å². The lowest BCUT2D eigenvalue weighted by atomic mass is 9.69. The predicted octanol–water partition coefficient (Wildman–Crippen LogP) is 2.74. The molecular formula is C16H24N2O4. The predicted molar refractivity (Wildman–Crippen MR) is 80.2 cm³/mol. The minimum atomic E-state index is -0.490. The quantitative estimate of drug-likeness (QED) is 0.747. The second-order valence-electron chi connectivity index (χ2n) is 7.24. The van der Waals surface area contributed by atoms with E-state index in [1.807, 2.05) is 31.9 Å². The summed E-state index contributed by atoms with van der Waals surface area (Å²) in [6.45, 7) is 7.38. The second kappa shape index (κ2) is 5.48. The van der Waals surface area contributed by atoms with Crippen LogP contribution in [0.3, 0.4) is 0 Å². The summed E-state index contributed by atoms with van der Waals surface area (Å²) in [5.41, 5.74) is 0.644. The fourth-order valence-corrected chi connectivity index (χ4v) is 3.43. The topological polar surface area (TPSA) is 59.1 Å². The van der Waals surface area contributed by atoms with Crippen molar-refractivity contribution in [1.29, 1.82) is 0 Å². The van der Waals surface area contributed by atoms with Crippen molar-refractivity contribution in [3.8, 4) is 0 Å². The van der Waals surface area contributed by atoms with Gasteiger partial charge in [0.05, 0.1) is 12.6 Å². The molecule has 0 radical (unpaired) electrons. The molecule has 3 rings (SSSR count). The van der Waals surface area contributed by atoms with Crippen LogP contribution in [0.5, 0.6) is 0 Å². The van der Waals surface area contributed by atoms with Gasteiger partial charge in [0.15, 0.2) is 0 Å². The van der Waals surface area contributed by atoms with E-state index >= 15 is 0 Å². The Balaban J connectivity index is 1.73. The SMILES string of the molecule is CC(C)(C)OC(=O)N1CCC[C@H]2C/C(=C/N3CCOC3=O)[C@H]21. The number of likely N-dealkylation sites (tertiary alicyclic amines) is 1. The van der Waals surface area contributed by atoms with Crippen LogP contribution in [-0.4, -0.2) is 53.3 Å². The van der Waals surface area contributed by atoms with Gasteiger partial charge in [0.2, 0.25) is 0 Å². The molecule has 2 heterocycles. The van der Waals surface area contributed by atoms with Gasteiger partial charge < -0.3 is 14.4 Å². The van der Waals surface area contributed by atoms with Gasteiger partial charge in [0.25, 0.3) is 0 Å². The van der Waals surface area contributed by atoms with E-state index < -0.39 is 5.60 Å². The van der Waals surface area contributed by atoms with E-state index in [1.54, 1.807) is 4.90 Å². The first-order chi connectivity index (χ1) is 10.3. The third-order valence-electron chi connectivity index (χ3n) is 4.38. The zero-order chi connectivity index (χ0) is 15.9. The average molecular weight is 308 g/mol. The van der Waals surface area contributed by atoms with Crippen molar-refractivity contribution in [2.75, 3.05) is 19.7 Å². The molecule has 6 nitrogen and oxygen atoms in total. The number of amides is 2. The fourth-order valence-electron chi connectivity index (χ4n) is 3.43. The first-order valence-electron chi connectivity index (χ1n) is 7.99. The Morgan fingerprint density at radius 1 is 1.36 bits per heavy atom. The highest BCUT2D eigenvalue weighted by Crippen LogP contribution is 2.44. The molecular weight excluding hydrogens is 284 g/mol. The van der Waals surface area contributed by atoms with Gasteiger partial charge in [0, 0.05) is 12.7 Å². The summed E-state index contributed by atoms with van der Waals surface area (Å²) in [5, 5.41) is 0. The molecule has 2 aliphatic heterocycles. The second-order valence-corrected chi connectivity index (χ2v) is 7.24. The lowest BCUT2D eigenvalue weighted by Gasteiger charge is -2.50. The van der Waals surface area contributed by atoms with E-state index in [9.17, 15) is 9.59 Å². The summed E-state index contributed by atoms with van der Waals surface area (Å²) in [7, 11) is 0. The molecule has 0 aromatic carbocycles. The lowest BCUT2D eigenvalue weighted by molar-refractivity contribution is -0.00510. The van der Waals surface area contributed by atoms with Crippen LogP contribution in [0.1, 0.15) is 40.0 Å². The minimum absolute atomic E-state index is 0.0806. The largest absolute Gasteiger partial charge is 0.447 e. The van der Waals surface area contributed by atoms with E-state index in [0.717, 1.165) is 31.4 Å². The molecule has 1 aliphatic carbocycles. The summed E-state index contributed by atoms with van der Waals surface area (Å²) < 4.78 is 10.5. The molecule has 0 aromatic rings. The number of nitrogens with zero attached hydrogens (tertiary/aromatic N) is 2. The molecule has 122 valence electrons. The van der Waals surface area contributed by atoms with Crippen LogP contribution in [-0.2, 0) is 9.47 Å². The number of carbonyl (C=O) groups excluding carboxylic acids is 2.